The summed E-state index contributed by atoms with van der Waals surface area (Å²) in [6.07, 6.45) is 1.62. The predicted molar refractivity (Wildman–Crippen MR) is 107 cm³/mol. The van der Waals surface area contributed by atoms with Gasteiger partial charge in [-0.3, -0.25) is 4.57 Å². The number of halogens is 1. The zero-order valence-electron chi connectivity index (χ0n) is 15.4. The zero-order chi connectivity index (χ0) is 19.5. The summed E-state index contributed by atoms with van der Waals surface area (Å²) in [6.45, 7) is 1.31. The second-order valence-electron chi connectivity index (χ2n) is 6.67. The number of quaternary nitrogens is 1. The molecule has 2 aromatic heterocycles. The predicted octanol–water partition coefficient (Wildman–Crippen LogP) is 3.47. The van der Waals surface area contributed by atoms with Gasteiger partial charge in [-0.1, -0.05) is 30.3 Å². The summed E-state index contributed by atoms with van der Waals surface area (Å²) in [7, 11) is 2.05. The highest BCUT2D eigenvalue weighted by Gasteiger charge is 2.18. The summed E-state index contributed by atoms with van der Waals surface area (Å²) in [5.41, 5.74) is 1.99. The van der Waals surface area contributed by atoms with Crippen LogP contribution in [0.3, 0.4) is 0 Å². The maximum absolute atomic E-state index is 13.1. The molecule has 142 valence electrons. The molecular formula is C21H20FN4OS+. The van der Waals surface area contributed by atoms with Gasteiger partial charge in [-0.15, -0.1) is 5.10 Å². The minimum atomic E-state index is -0.228. The van der Waals surface area contributed by atoms with Crippen LogP contribution in [0.25, 0.3) is 17.3 Å². The van der Waals surface area contributed by atoms with Crippen LogP contribution in [-0.2, 0) is 13.2 Å². The number of rotatable bonds is 6. The average molecular weight is 395 g/mol. The topological polar surface area (TPSA) is 40.3 Å². The molecule has 0 radical (unpaired) electrons. The molecule has 0 aliphatic rings. The molecule has 28 heavy (non-hydrogen) atoms. The summed E-state index contributed by atoms with van der Waals surface area (Å²) < 4.78 is 23.0. The Bertz CT molecular complexity index is 1100. The van der Waals surface area contributed by atoms with E-state index in [1.165, 1.54) is 17.0 Å². The molecule has 1 atom stereocenters. The van der Waals surface area contributed by atoms with Crippen molar-refractivity contribution in [2.75, 3.05) is 7.05 Å². The molecule has 2 aromatic carbocycles. The SMILES string of the molecule is C[NH+](Cc1ccc(F)cc1)Cn1nc(-c2ccco2)n(-c2ccccc2)c1=S. The largest absolute Gasteiger partial charge is 0.461 e. The molecule has 4 rings (SSSR count). The number of para-hydroxylation sites is 1. The molecule has 1 unspecified atom stereocenters. The van der Waals surface area contributed by atoms with Crippen LogP contribution in [0.2, 0.25) is 0 Å². The van der Waals surface area contributed by atoms with Gasteiger partial charge in [-0.25, -0.2) is 4.39 Å². The highest BCUT2D eigenvalue weighted by molar-refractivity contribution is 7.71. The second-order valence-corrected chi connectivity index (χ2v) is 7.04. The van der Waals surface area contributed by atoms with Gasteiger partial charge in [-0.05, 0) is 48.6 Å². The lowest BCUT2D eigenvalue weighted by atomic mass is 10.2. The van der Waals surface area contributed by atoms with Crippen LogP contribution in [0, 0.1) is 10.6 Å². The minimum absolute atomic E-state index is 0.228. The highest BCUT2D eigenvalue weighted by atomic mass is 32.1. The van der Waals surface area contributed by atoms with E-state index in [9.17, 15) is 4.39 Å². The molecule has 0 bridgehead atoms. The van der Waals surface area contributed by atoms with E-state index in [0.29, 0.717) is 23.0 Å². The first-order valence-electron chi connectivity index (χ1n) is 8.97. The second kappa shape index (κ2) is 7.92. The summed E-state index contributed by atoms with van der Waals surface area (Å²) >= 11 is 5.73. The lowest BCUT2D eigenvalue weighted by Crippen LogP contribution is -3.07. The summed E-state index contributed by atoms with van der Waals surface area (Å²) in [5, 5.41) is 4.73. The van der Waals surface area contributed by atoms with Crippen molar-refractivity contribution in [3.63, 3.8) is 0 Å². The molecule has 7 heteroatoms. The third-order valence-corrected chi connectivity index (χ3v) is 4.83. The number of nitrogens with one attached hydrogen (secondary N) is 1. The molecule has 1 N–H and O–H groups in total. The minimum Gasteiger partial charge on any atom is -0.461 e. The van der Waals surface area contributed by atoms with Gasteiger partial charge >= 0.3 is 0 Å². The Morgan fingerprint density at radius 1 is 1.04 bits per heavy atom. The first-order chi connectivity index (χ1) is 13.6. The van der Waals surface area contributed by atoms with Crippen LogP contribution in [0.5, 0.6) is 0 Å². The van der Waals surface area contributed by atoms with Gasteiger partial charge in [0.25, 0.3) is 0 Å². The monoisotopic (exact) mass is 395 g/mol. The molecule has 0 spiro atoms. The van der Waals surface area contributed by atoms with Gasteiger partial charge in [0.1, 0.15) is 12.4 Å². The Morgan fingerprint density at radius 3 is 2.46 bits per heavy atom. The van der Waals surface area contributed by atoms with Gasteiger partial charge in [0.2, 0.25) is 10.6 Å². The molecule has 0 aliphatic heterocycles. The van der Waals surface area contributed by atoms with Gasteiger partial charge in [0, 0.05) is 5.56 Å². The Kier molecular flexibility index (Phi) is 5.18. The summed E-state index contributed by atoms with van der Waals surface area (Å²) in [4.78, 5) is 1.17. The Hall–Kier alpha value is -3.03. The fourth-order valence-corrected chi connectivity index (χ4v) is 3.45. The van der Waals surface area contributed by atoms with E-state index in [1.54, 1.807) is 23.1 Å². The van der Waals surface area contributed by atoms with Crippen molar-refractivity contribution in [2.45, 2.75) is 13.2 Å². The summed E-state index contributed by atoms with van der Waals surface area (Å²) in [6, 6.07) is 20.1. The molecule has 0 saturated carbocycles. The molecule has 2 heterocycles. The van der Waals surface area contributed by atoms with Crippen molar-refractivity contribution in [2.24, 2.45) is 0 Å². The highest BCUT2D eigenvalue weighted by Crippen LogP contribution is 2.22. The molecule has 0 fully saturated rings. The molecule has 4 aromatic rings. The fraction of sp³-hybridized carbons (Fsp3) is 0.143. The van der Waals surface area contributed by atoms with Gasteiger partial charge in [0.05, 0.1) is 19.0 Å². The number of benzene rings is 2. The Morgan fingerprint density at radius 2 is 1.79 bits per heavy atom. The third-order valence-electron chi connectivity index (χ3n) is 4.43. The molecule has 5 nitrogen and oxygen atoms in total. The maximum Gasteiger partial charge on any atom is 0.207 e. The standard InChI is InChI=1S/C21H19FN4OS/c1-24(14-16-9-11-17(22)12-10-16)15-25-21(28)26(18-6-3-2-4-7-18)20(23-25)19-8-5-13-27-19/h2-13H,14-15H2,1H3/p+1. The molecule has 0 amide bonds. The van der Waals surface area contributed by atoms with Gasteiger partial charge in [-0.2, -0.15) is 4.68 Å². The van der Waals surface area contributed by atoms with E-state index < -0.39 is 0 Å². The lowest BCUT2D eigenvalue weighted by Gasteiger charge is -2.13. The maximum atomic E-state index is 13.1. The van der Waals surface area contributed by atoms with E-state index in [-0.39, 0.29) is 5.82 Å². The van der Waals surface area contributed by atoms with Crippen molar-refractivity contribution >= 4 is 12.2 Å². The molecule has 0 saturated heterocycles. The van der Waals surface area contributed by atoms with Crippen LogP contribution >= 0.6 is 12.2 Å². The van der Waals surface area contributed by atoms with Crippen LogP contribution in [0.4, 0.5) is 4.39 Å². The van der Waals surface area contributed by atoms with Gasteiger partial charge in [0.15, 0.2) is 12.4 Å². The smallest absolute Gasteiger partial charge is 0.207 e. The first kappa shape index (κ1) is 18.3. The number of nitrogens with zero attached hydrogens (tertiary/aromatic N) is 3. The van der Waals surface area contributed by atoms with E-state index in [0.717, 1.165) is 17.8 Å². The average Bonchev–Trinajstić information content (AvgIpc) is 3.33. The number of aromatic nitrogens is 3. The van der Waals surface area contributed by atoms with E-state index in [4.69, 9.17) is 21.7 Å². The Labute approximate surface area is 167 Å². The quantitative estimate of drug-likeness (QED) is 0.508. The van der Waals surface area contributed by atoms with Gasteiger partial charge < -0.3 is 9.32 Å². The molecule has 0 aliphatic carbocycles. The van der Waals surface area contributed by atoms with Crippen molar-refractivity contribution in [3.8, 4) is 17.3 Å². The Balaban J connectivity index is 1.66. The van der Waals surface area contributed by atoms with Crippen molar-refractivity contribution in [3.05, 3.63) is 89.1 Å². The van der Waals surface area contributed by atoms with Crippen LogP contribution < -0.4 is 4.90 Å². The third kappa shape index (κ3) is 3.81. The van der Waals surface area contributed by atoms with E-state index in [2.05, 4.69) is 7.05 Å². The zero-order valence-corrected chi connectivity index (χ0v) is 16.2. The van der Waals surface area contributed by atoms with Crippen molar-refractivity contribution in [1.82, 2.24) is 14.3 Å². The van der Waals surface area contributed by atoms with Crippen molar-refractivity contribution < 1.29 is 13.7 Å². The van der Waals surface area contributed by atoms with Crippen molar-refractivity contribution in [1.29, 1.82) is 0 Å². The first-order valence-corrected chi connectivity index (χ1v) is 9.37. The lowest BCUT2D eigenvalue weighted by molar-refractivity contribution is -0.917. The van der Waals surface area contributed by atoms with Crippen LogP contribution in [-0.4, -0.2) is 21.4 Å². The van der Waals surface area contributed by atoms with Crippen LogP contribution in [0.1, 0.15) is 5.56 Å². The van der Waals surface area contributed by atoms with E-state index >= 15 is 0 Å². The number of hydrogen-bond donors (Lipinski definition) is 1. The van der Waals surface area contributed by atoms with Crippen LogP contribution in [0.15, 0.2) is 77.4 Å². The number of hydrogen-bond acceptors (Lipinski definition) is 3. The fourth-order valence-electron chi connectivity index (χ4n) is 3.15. The molecular weight excluding hydrogens is 375 g/mol. The number of furan rings is 1. The van der Waals surface area contributed by atoms with E-state index in [1.807, 2.05) is 47.0 Å². The normalized spacial score (nSPS) is 12.2. The summed E-state index contributed by atoms with van der Waals surface area (Å²) in [5.74, 6) is 1.09.